The van der Waals surface area contributed by atoms with Crippen LogP contribution in [0.3, 0.4) is 0 Å². The molecule has 1 heterocycles. The van der Waals surface area contributed by atoms with Crippen LogP contribution in [0.4, 0.5) is 16.2 Å². The summed E-state index contributed by atoms with van der Waals surface area (Å²) in [5.74, 6) is 0. The lowest BCUT2D eigenvalue weighted by Crippen LogP contribution is -2.41. The molecule has 4 rings (SSSR count). The number of rotatable bonds is 3. The van der Waals surface area contributed by atoms with Gasteiger partial charge in [0.25, 0.3) is 0 Å². The van der Waals surface area contributed by atoms with Crippen LogP contribution in [-0.4, -0.2) is 24.4 Å². The first kappa shape index (κ1) is 19.5. The van der Waals surface area contributed by atoms with Gasteiger partial charge >= 0.3 is 13.1 Å². The highest BCUT2D eigenvalue weighted by Gasteiger charge is 2.51. The quantitative estimate of drug-likeness (QED) is 0.635. The molecule has 3 aromatic rings. The highest BCUT2D eigenvalue weighted by Crippen LogP contribution is 2.36. The zero-order chi connectivity index (χ0) is 20.6. The smallest absolute Gasteiger partial charge is 0.399 e. The third-order valence-electron chi connectivity index (χ3n) is 5.73. The average Bonchev–Trinajstić information content (AvgIpc) is 2.90. The minimum absolute atomic E-state index is 0.287. The van der Waals surface area contributed by atoms with Crippen LogP contribution < -0.4 is 16.1 Å². The van der Waals surface area contributed by atoms with Crippen LogP contribution in [0.2, 0.25) is 0 Å². The van der Waals surface area contributed by atoms with Crippen LogP contribution in [0.1, 0.15) is 27.7 Å². The second-order valence-electron chi connectivity index (χ2n) is 8.32. The molecule has 1 aliphatic rings. The van der Waals surface area contributed by atoms with Gasteiger partial charge in [-0.05, 0) is 56.7 Å². The van der Waals surface area contributed by atoms with E-state index in [0.717, 1.165) is 21.9 Å². The number of hydrogen-bond donors (Lipinski definition) is 2. The van der Waals surface area contributed by atoms with Crippen molar-refractivity contribution in [3.63, 3.8) is 0 Å². The summed E-state index contributed by atoms with van der Waals surface area (Å²) in [5, 5.41) is 7.88. The molecule has 0 aromatic heterocycles. The van der Waals surface area contributed by atoms with E-state index in [9.17, 15) is 4.79 Å². The van der Waals surface area contributed by atoms with E-state index in [4.69, 9.17) is 9.31 Å². The zero-order valence-electron chi connectivity index (χ0n) is 17.2. The van der Waals surface area contributed by atoms with E-state index in [1.807, 2.05) is 94.4 Å². The van der Waals surface area contributed by atoms with Gasteiger partial charge in [0.2, 0.25) is 0 Å². The topological polar surface area (TPSA) is 59.6 Å². The van der Waals surface area contributed by atoms with Crippen LogP contribution in [0, 0.1) is 0 Å². The van der Waals surface area contributed by atoms with Crippen molar-refractivity contribution in [1.82, 2.24) is 0 Å². The van der Waals surface area contributed by atoms with Crippen molar-refractivity contribution in [2.45, 2.75) is 38.9 Å². The zero-order valence-corrected chi connectivity index (χ0v) is 17.2. The Morgan fingerprint density at radius 1 is 0.793 bits per heavy atom. The number of amides is 2. The van der Waals surface area contributed by atoms with Gasteiger partial charge in [-0.2, -0.15) is 0 Å². The number of anilines is 2. The van der Waals surface area contributed by atoms with Gasteiger partial charge in [0.05, 0.1) is 16.9 Å². The molecule has 1 aliphatic heterocycles. The van der Waals surface area contributed by atoms with E-state index in [1.165, 1.54) is 0 Å². The van der Waals surface area contributed by atoms with Gasteiger partial charge in [-0.25, -0.2) is 4.79 Å². The molecule has 0 radical (unpaired) electrons. The van der Waals surface area contributed by atoms with Crippen molar-refractivity contribution >= 4 is 40.8 Å². The molecule has 6 heteroatoms. The van der Waals surface area contributed by atoms with Gasteiger partial charge in [-0.1, -0.05) is 48.5 Å². The number of carbonyl (C=O) groups excluding carboxylic acids is 1. The summed E-state index contributed by atoms with van der Waals surface area (Å²) in [6, 6.07) is 21.0. The summed E-state index contributed by atoms with van der Waals surface area (Å²) >= 11 is 0. The first-order valence-electron chi connectivity index (χ1n) is 9.77. The molecule has 2 amide bonds. The fraction of sp³-hybridized carbons (Fsp3) is 0.261. The fourth-order valence-electron chi connectivity index (χ4n) is 3.32. The van der Waals surface area contributed by atoms with Crippen molar-refractivity contribution in [2.24, 2.45) is 0 Å². The van der Waals surface area contributed by atoms with Crippen LogP contribution >= 0.6 is 0 Å². The summed E-state index contributed by atoms with van der Waals surface area (Å²) in [6.07, 6.45) is 0. The Labute approximate surface area is 171 Å². The molecule has 0 spiro atoms. The predicted octanol–water partition coefficient (Wildman–Crippen LogP) is 4.78. The number of nitrogens with one attached hydrogen (secondary N) is 2. The fourth-order valence-corrected chi connectivity index (χ4v) is 3.32. The summed E-state index contributed by atoms with van der Waals surface area (Å²) in [7, 11) is -0.418. The summed E-state index contributed by atoms with van der Waals surface area (Å²) < 4.78 is 12.1. The van der Waals surface area contributed by atoms with Crippen molar-refractivity contribution in [2.75, 3.05) is 10.6 Å². The van der Waals surface area contributed by atoms with Crippen molar-refractivity contribution < 1.29 is 14.1 Å². The SMILES string of the molecule is CC1(C)OB(c2ccc(NC(=O)Nc3cccc4ccccc34)cc2)OC1(C)C. The van der Waals surface area contributed by atoms with Gasteiger partial charge in [0.15, 0.2) is 0 Å². The highest BCUT2D eigenvalue weighted by atomic mass is 16.7. The lowest BCUT2D eigenvalue weighted by molar-refractivity contribution is 0.00578. The summed E-state index contributed by atoms with van der Waals surface area (Å²) in [4.78, 5) is 12.5. The van der Waals surface area contributed by atoms with Crippen LogP contribution in [-0.2, 0) is 9.31 Å². The molecule has 0 unspecified atom stereocenters. The molecule has 0 aliphatic carbocycles. The maximum absolute atomic E-state index is 12.5. The molecular formula is C23H25BN2O3. The molecule has 2 N–H and O–H groups in total. The Hall–Kier alpha value is -2.83. The third kappa shape index (κ3) is 3.86. The van der Waals surface area contributed by atoms with Crippen molar-refractivity contribution in [3.8, 4) is 0 Å². The second kappa shape index (κ2) is 7.21. The summed E-state index contributed by atoms with van der Waals surface area (Å²) in [6.45, 7) is 8.11. The number of benzene rings is 3. The van der Waals surface area contributed by atoms with Gasteiger partial charge in [-0.3, -0.25) is 0 Å². The number of fused-ring (bicyclic) bond motifs is 1. The molecular weight excluding hydrogens is 363 g/mol. The average molecular weight is 388 g/mol. The second-order valence-corrected chi connectivity index (χ2v) is 8.32. The molecule has 0 atom stereocenters. The van der Waals surface area contributed by atoms with E-state index < -0.39 is 7.12 Å². The highest BCUT2D eigenvalue weighted by molar-refractivity contribution is 6.62. The van der Waals surface area contributed by atoms with Crippen LogP contribution in [0.5, 0.6) is 0 Å². The van der Waals surface area contributed by atoms with Crippen LogP contribution in [0.25, 0.3) is 10.8 Å². The Balaban J connectivity index is 1.43. The minimum Gasteiger partial charge on any atom is -0.399 e. The number of hydrogen-bond acceptors (Lipinski definition) is 3. The molecule has 0 bridgehead atoms. The predicted molar refractivity (Wildman–Crippen MR) is 119 cm³/mol. The first-order valence-corrected chi connectivity index (χ1v) is 9.77. The molecule has 29 heavy (non-hydrogen) atoms. The maximum atomic E-state index is 12.5. The van der Waals surface area contributed by atoms with E-state index >= 15 is 0 Å². The van der Waals surface area contributed by atoms with Gasteiger partial charge < -0.3 is 19.9 Å². The Morgan fingerprint density at radius 2 is 1.41 bits per heavy atom. The van der Waals surface area contributed by atoms with E-state index in [1.54, 1.807) is 0 Å². The molecule has 1 saturated heterocycles. The lowest BCUT2D eigenvalue weighted by atomic mass is 9.79. The Kier molecular flexibility index (Phi) is 4.85. The first-order chi connectivity index (χ1) is 13.7. The molecule has 3 aromatic carbocycles. The monoisotopic (exact) mass is 388 g/mol. The third-order valence-corrected chi connectivity index (χ3v) is 5.73. The lowest BCUT2D eigenvalue weighted by Gasteiger charge is -2.32. The standard InChI is InChI=1S/C23H25BN2O3/c1-22(2)23(3,4)29-24(28-22)17-12-14-18(15-13-17)25-21(27)26-20-11-7-9-16-8-5-6-10-19(16)20/h5-15H,1-4H3,(H2,25,26,27). The van der Waals surface area contributed by atoms with Gasteiger partial charge in [0, 0.05) is 11.1 Å². The van der Waals surface area contributed by atoms with Gasteiger partial charge in [0.1, 0.15) is 0 Å². The molecule has 0 saturated carbocycles. The van der Waals surface area contributed by atoms with E-state index in [2.05, 4.69) is 10.6 Å². The van der Waals surface area contributed by atoms with Gasteiger partial charge in [-0.15, -0.1) is 0 Å². The molecule has 1 fully saturated rings. The van der Waals surface area contributed by atoms with Crippen molar-refractivity contribution in [1.29, 1.82) is 0 Å². The van der Waals surface area contributed by atoms with Crippen molar-refractivity contribution in [3.05, 3.63) is 66.7 Å². The summed E-state index contributed by atoms with van der Waals surface area (Å²) in [5.41, 5.74) is 1.63. The maximum Gasteiger partial charge on any atom is 0.494 e. The van der Waals surface area contributed by atoms with Crippen LogP contribution in [0.15, 0.2) is 66.7 Å². The molecule has 148 valence electrons. The minimum atomic E-state index is -0.418. The largest absolute Gasteiger partial charge is 0.494 e. The van der Waals surface area contributed by atoms with E-state index in [-0.39, 0.29) is 17.2 Å². The normalized spacial score (nSPS) is 17.3. The molecule has 5 nitrogen and oxygen atoms in total. The number of urea groups is 1. The Morgan fingerprint density at radius 3 is 2.10 bits per heavy atom. The number of carbonyl (C=O) groups is 1. The Bertz CT molecular complexity index is 1030. The van der Waals surface area contributed by atoms with E-state index in [0.29, 0.717) is 5.69 Å².